The lowest BCUT2D eigenvalue weighted by Gasteiger charge is -2.18. The fourth-order valence-electron chi connectivity index (χ4n) is 5.41. The van der Waals surface area contributed by atoms with Gasteiger partial charge in [-0.2, -0.15) is 0 Å². The highest BCUT2D eigenvalue weighted by Crippen LogP contribution is 2.37. The predicted molar refractivity (Wildman–Crippen MR) is 213 cm³/mol. The van der Waals surface area contributed by atoms with Crippen LogP contribution >= 0.6 is 11.8 Å². The molecule has 0 aromatic heterocycles. The third kappa shape index (κ3) is 10.2. The van der Waals surface area contributed by atoms with Crippen LogP contribution < -0.4 is 21.3 Å². The van der Waals surface area contributed by atoms with E-state index >= 15 is 0 Å². The molecule has 4 amide bonds. The summed E-state index contributed by atoms with van der Waals surface area (Å²) in [6, 6.07) is 50.0. The number of thioether (sulfide) groups is 1. The monoisotopic (exact) mass is 716 g/mol. The van der Waals surface area contributed by atoms with Gasteiger partial charge >= 0.3 is 0 Å². The standard InChI is InChI=1S/C44H36N4O4S/c1-30(49)45-36-21-23-37(24-22-36)47-44(52)41(34-13-7-3-8-14-34)53-39-27-25-38(26-28-39)46-43(51)40(48-42(50)35-15-9-4-10-16-35)29-31-17-19-33(20-18-31)32-11-5-2-6-12-32/h2-29,41H,1H3,(H,45,49)(H,46,51)(H,47,52)(H,48,50)/b40-29-. The van der Waals surface area contributed by atoms with Crippen LogP contribution in [-0.4, -0.2) is 23.6 Å². The van der Waals surface area contributed by atoms with Gasteiger partial charge in [0.25, 0.3) is 11.8 Å². The molecule has 0 aliphatic carbocycles. The van der Waals surface area contributed by atoms with Gasteiger partial charge < -0.3 is 21.3 Å². The number of nitrogens with one attached hydrogen (secondary N) is 4. The van der Waals surface area contributed by atoms with E-state index in [9.17, 15) is 19.2 Å². The van der Waals surface area contributed by atoms with Crippen LogP contribution in [0.15, 0.2) is 174 Å². The maximum Gasteiger partial charge on any atom is 0.272 e. The Morgan fingerprint density at radius 1 is 0.547 bits per heavy atom. The zero-order valence-electron chi connectivity index (χ0n) is 28.8. The molecule has 6 aromatic carbocycles. The van der Waals surface area contributed by atoms with Crippen molar-refractivity contribution in [3.63, 3.8) is 0 Å². The molecule has 53 heavy (non-hydrogen) atoms. The fourth-order valence-corrected chi connectivity index (χ4v) is 6.44. The van der Waals surface area contributed by atoms with Crippen molar-refractivity contribution in [3.8, 4) is 11.1 Å². The number of hydrogen-bond donors (Lipinski definition) is 4. The van der Waals surface area contributed by atoms with E-state index in [1.807, 2.05) is 103 Å². The number of rotatable bonds is 12. The number of benzene rings is 6. The molecule has 1 unspecified atom stereocenters. The first-order valence-corrected chi connectivity index (χ1v) is 17.7. The van der Waals surface area contributed by atoms with Crippen molar-refractivity contribution >= 4 is 58.5 Å². The fraction of sp³-hybridized carbons (Fsp3) is 0.0455. The van der Waals surface area contributed by atoms with Crippen molar-refractivity contribution in [3.05, 3.63) is 186 Å². The summed E-state index contributed by atoms with van der Waals surface area (Å²) in [4.78, 5) is 52.6. The Bertz CT molecular complexity index is 2210. The molecule has 0 aliphatic rings. The molecule has 0 radical (unpaired) electrons. The maximum atomic E-state index is 13.7. The van der Waals surface area contributed by atoms with Crippen molar-refractivity contribution in [2.45, 2.75) is 17.1 Å². The quantitative estimate of drug-likeness (QED) is 0.0745. The van der Waals surface area contributed by atoms with Crippen molar-refractivity contribution < 1.29 is 19.2 Å². The molecule has 1 atom stereocenters. The van der Waals surface area contributed by atoms with Crippen LogP contribution in [0.4, 0.5) is 17.1 Å². The van der Waals surface area contributed by atoms with Crippen LogP contribution in [0.5, 0.6) is 0 Å². The Labute approximate surface area is 312 Å². The molecule has 0 saturated carbocycles. The van der Waals surface area contributed by atoms with E-state index in [1.165, 1.54) is 18.7 Å². The SMILES string of the molecule is CC(=O)Nc1ccc(NC(=O)C(Sc2ccc(NC(=O)/C(=C/c3ccc(-c4ccccc4)cc3)NC(=O)c3ccccc3)cc2)c2ccccc2)cc1. The van der Waals surface area contributed by atoms with Gasteiger partial charge in [-0.3, -0.25) is 19.2 Å². The summed E-state index contributed by atoms with van der Waals surface area (Å²) >= 11 is 1.37. The van der Waals surface area contributed by atoms with Crippen LogP contribution in [0.3, 0.4) is 0 Å². The van der Waals surface area contributed by atoms with Gasteiger partial charge in [0.2, 0.25) is 11.8 Å². The first-order chi connectivity index (χ1) is 25.8. The average molecular weight is 717 g/mol. The highest BCUT2D eigenvalue weighted by Gasteiger charge is 2.23. The second-order valence-electron chi connectivity index (χ2n) is 12.0. The molecule has 6 aromatic rings. The van der Waals surface area contributed by atoms with Crippen LogP contribution in [0.1, 0.15) is 33.7 Å². The van der Waals surface area contributed by atoms with Crippen LogP contribution in [-0.2, 0) is 14.4 Å². The summed E-state index contributed by atoms with van der Waals surface area (Å²) in [6.45, 7) is 1.44. The van der Waals surface area contributed by atoms with E-state index in [4.69, 9.17) is 0 Å². The topological polar surface area (TPSA) is 116 Å². The number of anilines is 3. The van der Waals surface area contributed by atoms with E-state index in [1.54, 1.807) is 66.7 Å². The highest BCUT2D eigenvalue weighted by atomic mass is 32.2. The summed E-state index contributed by atoms with van der Waals surface area (Å²) in [5.41, 5.74) is 5.91. The van der Waals surface area contributed by atoms with Crippen LogP contribution in [0.25, 0.3) is 17.2 Å². The van der Waals surface area contributed by atoms with E-state index in [0.717, 1.165) is 27.1 Å². The molecule has 4 N–H and O–H groups in total. The maximum absolute atomic E-state index is 13.7. The van der Waals surface area contributed by atoms with Gasteiger partial charge in [0.05, 0.1) is 0 Å². The third-order valence-corrected chi connectivity index (χ3v) is 9.30. The molecule has 0 bridgehead atoms. The Hall–Kier alpha value is -6.71. The van der Waals surface area contributed by atoms with Gasteiger partial charge in [0.1, 0.15) is 10.9 Å². The van der Waals surface area contributed by atoms with Gasteiger partial charge in [-0.05, 0) is 89.0 Å². The second kappa shape index (κ2) is 17.5. The van der Waals surface area contributed by atoms with Crippen LogP contribution in [0, 0.1) is 0 Å². The number of amides is 4. The smallest absolute Gasteiger partial charge is 0.272 e. The summed E-state index contributed by atoms with van der Waals surface area (Å²) in [6.07, 6.45) is 1.64. The largest absolute Gasteiger partial charge is 0.326 e. The number of carbonyl (C=O) groups excluding carboxylic acids is 4. The zero-order valence-corrected chi connectivity index (χ0v) is 29.6. The Morgan fingerprint density at radius 3 is 1.66 bits per heavy atom. The molecule has 8 nitrogen and oxygen atoms in total. The Kier molecular flexibility index (Phi) is 11.9. The third-order valence-electron chi connectivity index (χ3n) is 8.04. The summed E-state index contributed by atoms with van der Waals surface area (Å²) in [5, 5.41) is 10.8. The first kappa shape index (κ1) is 36.1. The molecular formula is C44H36N4O4S. The van der Waals surface area contributed by atoms with Crippen molar-refractivity contribution in [1.29, 1.82) is 0 Å². The molecule has 262 valence electrons. The minimum atomic E-state index is -0.581. The van der Waals surface area contributed by atoms with E-state index in [0.29, 0.717) is 22.6 Å². The Morgan fingerprint density at radius 2 is 1.06 bits per heavy atom. The first-order valence-electron chi connectivity index (χ1n) is 16.9. The molecule has 0 fully saturated rings. The minimum Gasteiger partial charge on any atom is -0.326 e. The zero-order chi connectivity index (χ0) is 37.0. The van der Waals surface area contributed by atoms with Crippen molar-refractivity contribution in [2.75, 3.05) is 16.0 Å². The second-order valence-corrected chi connectivity index (χ2v) is 13.2. The summed E-state index contributed by atoms with van der Waals surface area (Å²) in [5.74, 6) is -1.29. The van der Waals surface area contributed by atoms with Gasteiger partial charge in [-0.15, -0.1) is 11.8 Å². The van der Waals surface area contributed by atoms with E-state index < -0.39 is 17.1 Å². The average Bonchev–Trinajstić information content (AvgIpc) is 3.19. The molecule has 0 aliphatic heterocycles. The van der Waals surface area contributed by atoms with E-state index in [2.05, 4.69) is 21.3 Å². The summed E-state index contributed by atoms with van der Waals surface area (Å²) in [7, 11) is 0. The Balaban J connectivity index is 1.18. The molecule has 0 spiro atoms. The predicted octanol–water partition coefficient (Wildman–Crippen LogP) is 9.19. The highest BCUT2D eigenvalue weighted by molar-refractivity contribution is 8.00. The lowest BCUT2D eigenvalue weighted by Crippen LogP contribution is -2.30. The van der Waals surface area contributed by atoms with Gasteiger partial charge in [0.15, 0.2) is 0 Å². The molecule has 6 rings (SSSR count). The normalized spacial score (nSPS) is 11.5. The lowest BCUT2D eigenvalue weighted by atomic mass is 10.0. The van der Waals surface area contributed by atoms with Gasteiger partial charge in [-0.1, -0.05) is 103 Å². The van der Waals surface area contributed by atoms with Crippen molar-refractivity contribution in [1.82, 2.24) is 5.32 Å². The molecule has 9 heteroatoms. The van der Waals surface area contributed by atoms with Crippen LogP contribution in [0.2, 0.25) is 0 Å². The molecule has 0 saturated heterocycles. The number of hydrogen-bond acceptors (Lipinski definition) is 5. The van der Waals surface area contributed by atoms with Crippen molar-refractivity contribution in [2.24, 2.45) is 0 Å². The number of carbonyl (C=O) groups is 4. The minimum absolute atomic E-state index is 0.0793. The molecular weight excluding hydrogens is 681 g/mol. The van der Waals surface area contributed by atoms with Gasteiger partial charge in [0, 0.05) is 34.4 Å². The lowest BCUT2D eigenvalue weighted by molar-refractivity contribution is -0.116. The van der Waals surface area contributed by atoms with E-state index in [-0.39, 0.29) is 17.5 Å². The summed E-state index contributed by atoms with van der Waals surface area (Å²) < 4.78 is 0. The van der Waals surface area contributed by atoms with Gasteiger partial charge in [-0.25, -0.2) is 0 Å². The molecule has 0 heterocycles.